The Morgan fingerprint density at radius 1 is 1.36 bits per heavy atom. The lowest BCUT2D eigenvalue weighted by Gasteiger charge is -2.07. The van der Waals surface area contributed by atoms with Gasteiger partial charge in [-0.1, -0.05) is 0 Å². The zero-order chi connectivity index (χ0) is 18.2. The summed E-state index contributed by atoms with van der Waals surface area (Å²) in [6.07, 6.45) is 3.22. The second kappa shape index (κ2) is 9.30. The highest BCUT2D eigenvalue weighted by molar-refractivity contribution is 8.18. The van der Waals surface area contributed by atoms with E-state index in [0.29, 0.717) is 28.7 Å². The molecule has 9 heteroatoms. The fourth-order valence-corrected chi connectivity index (χ4v) is 2.80. The van der Waals surface area contributed by atoms with Crippen LogP contribution in [0.1, 0.15) is 18.4 Å². The number of thioether (sulfide) groups is 1. The number of halogens is 1. The summed E-state index contributed by atoms with van der Waals surface area (Å²) >= 11 is 1.17. The quantitative estimate of drug-likeness (QED) is 0.286. The Hall–Kier alpha value is -2.23. The van der Waals surface area contributed by atoms with Gasteiger partial charge in [0.25, 0.3) is 5.91 Å². The number of esters is 1. The molecule has 0 aromatic heterocycles. The predicted molar refractivity (Wildman–Crippen MR) is 95.4 cm³/mol. The summed E-state index contributed by atoms with van der Waals surface area (Å²) < 4.78 is 18.4. The number of carbonyl (C=O) groups excluding carboxylic acids is 2. The highest BCUT2D eigenvalue weighted by Gasteiger charge is 2.24. The fraction of sp³-hybridized carbons (Fsp3) is 0.312. The molecule has 2 rings (SSSR count). The number of nitrogens with two attached hydrogens (primary N) is 2. The lowest BCUT2D eigenvalue weighted by atomic mass is 10.2. The molecule has 0 atom stereocenters. The Bertz CT molecular complexity index is 721. The van der Waals surface area contributed by atoms with Gasteiger partial charge in [-0.15, -0.1) is 0 Å². The number of benzene rings is 1. The number of ether oxygens (including phenoxy) is 1. The number of hydrogen-bond donors (Lipinski definition) is 3. The van der Waals surface area contributed by atoms with Crippen molar-refractivity contribution < 1.29 is 18.7 Å². The van der Waals surface area contributed by atoms with Gasteiger partial charge in [0.2, 0.25) is 0 Å². The van der Waals surface area contributed by atoms with Crippen LogP contribution in [0.5, 0.6) is 5.75 Å². The molecule has 1 heterocycles. The maximum absolute atomic E-state index is 13.4. The topological polar surface area (TPSA) is 120 Å². The van der Waals surface area contributed by atoms with Gasteiger partial charge in [0, 0.05) is 18.2 Å². The molecule has 0 unspecified atom stereocenters. The van der Waals surface area contributed by atoms with Gasteiger partial charge in [-0.05, 0) is 49.4 Å². The molecule has 1 fully saturated rings. The van der Waals surface area contributed by atoms with Gasteiger partial charge in [-0.3, -0.25) is 14.6 Å². The van der Waals surface area contributed by atoms with Crippen LogP contribution in [0.15, 0.2) is 28.1 Å². The molecule has 25 heavy (non-hydrogen) atoms. The molecule has 0 saturated carbocycles. The van der Waals surface area contributed by atoms with Crippen molar-refractivity contribution in [3.05, 3.63) is 34.5 Å². The molecule has 134 valence electrons. The molecule has 0 spiro atoms. The lowest BCUT2D eigenvalue weighted by Crippen LogP contribution is -2.20. The van der Waals surface area contributed by atoms with Gasteiger partial charge in [0.1, 0.15) is 11.6 Å². The van der Waals surface area contributed by atoms with Crippen LogP contribution in [0, 0.1) is 5.82 Å². The van der Waals surface area contributed by atoms with E-state index in [4.69, 9.17) is 16.2 Å². The molecule has 1 aliphatic rings. The van der Waals surface area contributed by atoms with E-state index >= 15 is 0 Å². The van der Waals surface area contributed by atoms with Crippen molar-refractivity contribution in [1.29, 1.82) is 0 Å². The van der Waals surface area contributed by atoms with Crippen molar-refractivity contribution in [1.82, 2.24) is 5.32 Å². The monoisotopic (exact) mass is 366 g/mol. The maximum atomic E-state index is 13.4. The summed E-state index contributed by atoms with van der Waals surface area (Å²) in [5.41, 5.74) is 11.0. The van der Waals surface area contributed by atoms with E-state index in [2.05, 4.69) is 10.3 Å². The molecular weight excluding hydrogens is 347 g/mol. The molecule has 5 N–H and O–H groups in total. The average molecular weight is 366 g/mol. The van der Waals surface area contributed by atoms with Crippen LogP contribution in [0.2, 0.25) is 0 Å². The zero-order valence-electron chi connectivity index (χ0n) is 13.5. The Morgan fingerprint density at radius 3 is 2.88 bits per heavy atom. The van der Waals surface area contributed by atoms with Crippen LogP contribution < -0.4 is 21.5 Å². The predicted octanol–water partition coefficient (Wildman–Crippen LogP) is 0.989. The minimum atomic E-state index is -0.698. The number of rotatable bonds is 7. The Morgan fingerprint density at radius 2 is 2.16 bits per heavy atom. The summed E-state index contributed by atoms with van der Waals surface area (Å²) in [7, 11) is 0. The second-order valence-corrected chi connectivity index (χ2v) is 6.14. The van der Waals surface area contributed by atoms with Crippen molar-refractivity contribution >= 4 is 34.9 Å². The van der Waals surface area contributed by atoms with E-state index in [0.717, 1.165) is 18.9 Å². The number of amides is 1. The van der Waals surface area contributed by atoms with Crippen LogP contribution in [0.4, 0.5) is 4.39 Å². The number of carbonyl (C=O) groups is 2. The van der Waals surface area contributed by atoms with Crippen molar-refractivity contribution in [2.75, 3.05) is 19.6 Å². The first-order valence-electron chi connectivity index (χ1n) is 7.69. The van der Waals surface area contributed by atoms with Crippen molar-refractivity contribution in [3.63, 3.8) is 0 Å². The number of aliphatic imine (C=N–C) groups is 1. The minimum absolute atomic E-state index is 0.00434. The summed E-state index contributed by atoms with van der Waals surface area (Å²) in [4.78, 5) is 28.1. The normalized spacial score (nSPS) is 17.2. The SMILES string of the molecule is NCCCCN=C1NC(=O)/C(=C\c2ccc(F)cc2OC(=O)CN)S1. The van der Waals surface area contributed by atoms with Crippen LogP contribution >= 0.6 is 11.8 Å². The first kappa shape index (κ1) is 19.1. The third-order valence-corrected chi connectivity index (χ3v) is 4.12. The molecule has 0 aliphatic carbocycles. The van der Waals surface area contributed by atoms with Crippen LogP contribution in [-0.2, 0) is 9.59 Å². The van der Waals surface area contributed by atoms with Gasteiger partial charge >= 0.3 is 5.97 Å². The average Bonchev–Trinajstić information content (AvgIpc) is 2.93. The summed E-state index contributed by atoms with van der Waals surface area (Å²) in [6, 6.07) is 3.70. The highest BCUT2D eigenvalue weighted by atomic mass is 32.2. The van der Waals surface area contributed by atoms with Gasteiger partial charge in [-0.2, -0.15) is 0 Å². The van der Waals surface area contributed by atoms with Crippen molar-refractivity contribution in [2.24, 2.45) is 16.5 Å². The smallest absolute Gasteiger partial charge is 0.325 e. The molecule has 1 aliphatic heterocycles. The fourth-order valence-electron chi connectivity index (χ4n) is 1.96. The summed E-state index contributed by atoms with van der Waals surface area (Å²) in [5.74, 6) is -1.57. The number of nitrogens with one attached hydrogen (secondary N) is 1. The van der Waals surface area contributed by atoms with E-state index < -0.39 is 11.8 Å². The number of hydrogen-bond acceptors (Lipinski definition) is 7. The standard InChI is InChI=1S/C16H19FN4O3S/c17-11-4-3-10(12(8-11)24-14(22)9-19)7-13-15(23)21-16(25-13)20-6-2-1-5-18/h3-4,7-8H,1-2,5-6,9,18-19H2,(H,20,21,23)/b13-7+. The third-order valence-electron chi connectivity index (χ3n) is 3.17. The van der Waals surface area contributed by atoms with Crippen LogP contribution in [-0.4, -0.2) is 36.7 Å². The molecule has 0 bridgehead atoms. The maximum Gasteiger partial charge on any atom is 0.325 e. The van der Waals surface area contributed by atoms with Crippen LogP contribution in [0.3, 0.4) is 0 Å². The summed E-state index contributed by atoms with van der Waals surface area (Å²) in [5, 5.41) is 3.15. The summed E-state index contributed by atoms with van der Waals surface area (Å²) in [6.45, 7) is 0.842. The second-order valence-electron chi connectivity index (χ2n) is 5.11. The number of unbranched alkanes of at least 4 members (excludes halogenated alkanes) is 1. The molecule has 1 aromatic carbocycles. The molecule has 0 radical (unpaired) electrons. The van der Waals surface area contributed by atoms with Crippen LogP contribution in [0.25, 0.3) is 6.08 Å². The van der Waals surface area contributed by atoms with E-state index in [-0.39, 0.29) is 18.2 Å². The van der Waals surface area contributed by atoms with E-state index in [9.17, 15) is 14.0 Å². The Balaban J connectivity index is 2.17. The largest absolute Gasteiger partial charge is 0.425 e. The molecule has 1 amide bonds. The van der Waals surface area contributed by atoms with Gasteiger partial charge in [0.15, 0.2) is 5.17 Å². The van der Waals surface area contributed by atoms with E-state index in [1.54, 1.807) is 0 Å². The Labute approximate surface area is 148 Å². The van der Waals surface area contributed by atoms with Gasteiger partial charge in [0.05, 0.1) is 11.4 Å². The molecule has 7 nitrogen and oxygen atoms in total. The van der Waals surface area contributed by atoms with Crippen molar-refractivity contribution in [2.45, 2.75) is 12.8 Å². The highest BCUT2D eigenvalue weighted by Crippen LogP contribution is 2.30. The minimum Gasteiger partial charge on any atom is -0.425 e. The number of nitrogens with zero attached hydrogens (tertiary/aromatic N) is 1. The first-order chi connectivity index (χ1) is 12.0. The Kier molecular flexibility index (Phi) is 7.11. The van der Waals surface area contributed by atoms with Gasteiger partial charge < -0.3 is 21.5 Å². The lowest BCUT2D eigenvalue weighted by molar-refractivity contribution is -0.132. The van der Waals surface area contributed by atoms with Crippen molar-refractivity contribution in [3.8, 4) is 5.75 Å². The van der Waals surface area contributed by atoms with E-state index in [1.807, 2.05) is 0 Å². The molecular formula is C16H19FN4O3S. The van der Waals surface area contributed by atoms with E-state index in [1.165, 1.54) is 30.0 Å². The first-order valence-corrected chi connectivity index (χ1v) is 8.51. The third kappa shape index (κ3) is 5.66. The zero-order valence-corrected chi connectivity index (χ0v) is 14.3. The molecule has 1 aromatic rings. The number of amidine groups is 1. The van der Waals surface area contributed by atoms with Gasteiger partial charge in [-0.25, -0.2) is 4.39 Å². The molecule has 1 saturated heterocycles.